The third-order valence-corrected chi connectivity index (χ3v) is 5.31. The molecule has 2 fully saturated rings. The Labute approximate surface area is 137 Å². The maximum Gasteiger partial charge on any atom is 0.368 e. The molecule has 2 aliphatic heterocycles. The van der Waals surface area contributed by atoms with Crippen molar-refractivity contribution in [2.45, 2.75) is 30.6 Å². The summed E-state index contributed by atoms with van der Waals surface area (Å²) >= 11 is 0. The van der Waals surface area contributed by atoms with E-state index in [0.29, 0.717) is 11.5 Å². The molecular weight excluding hydrogens is 351 g/mol. The van der Waals surface area contributed by atoms with Crippen molar-refractivity contribution in [1.29, 1.82) is 0 Å². The second kappa shape index (κ2) is 7.09. The van der Waals surface area contributed by atoms with Gasteiger partial charge in [-0.3, -0.25) is 9.00 Å². The van der Waals surface area contributed by atoms with Gasteiger partial charge in [-0.05, 0) is 12.8 Å². The summed E-state index contributed by atoms with van der Waals surface area (Å²) in [6.45, 7) is 0.0732. The second-order valence-electron chi connectivity index (χ2n) is 5.14. The standard InChI is InChI=1S/C11H15FN4O7S/c12-8(10(18)19)23-16-5-1-2-7(15(3-5)11(16)20)24(22)4-6(14-21)9(13)17/h5,7-8,21H,1-4H2,(H2,13,17)(H,18,19)/b14-6-/t5-,7-,8+,24-/m1/s1. The predicted octanol–water partition coefficient (Wildman–Crippen LogP) is -1.41. The lowest BCUT2D eigenvalue weighted by atomic mass is 10.1. The number of fused-ring (bicyclic) bond motifs is 2. The van der Waals surface area contributed by atoms with Crippen molar-refractivity contribution in [3.8, 4) is 0 Å². The number of carbonyl (C=O) groups is 3. The van der Waals surface area contributed by atoms with Gasteiger partial charge in [-0.2, -0.15) is 5.06 Å². The molecule has 4 atom stereocenters. The zero-order chi connectivity index (χ0) is 18.0. The van der Waals surface area contributed by atoms with E-state index in [1.807, 2.05) is 0 Å². The van der Waals surface area contributed by atoms with Crippen LogP contribution in [-0.2, 0) is 25.2 Å². The van der Waals surface area contributed by atoms with E-state index in [1.165, 1.54) is 0 Å². The molecule has 11 nitrogen and oxygen atoms in total. The molecule has 0 radical (unpaired) electrons. The first-order chi connectivity index (χ1) is 11.3. The minimum absolute atomic E-state index is 0.0732. The number of carboxylic acid groups (broad SMARTS) is 1. The van der Waals surface area contributed by atoms with Gasteiger partial charge in [-0.1, -0.05) is 5.16 Å². The van der Waals surface area contributed by atoms with Crippen LogP contribution >= 0.6 is 0 Å². The van der Waals surface area contributed by atoms with Gasteiger partial charge in [-0.25, -0.2) is 18.8 Å². The molecule has 24 heavy (non-hydrogen) atoms. The minimum atomic E-state index is -2.69. The van der Waals surface area contributed by atoms with Crippen LogP contribution in [0.3, 0.4) is 0 Å². The molecule has 0 spiro atoms. The van der Waals surface area contributed by atoms with Crippen LogP contribution in [0.2, 0.25) is 0 Å². The van der Waals surface area contributed by atoms with Crippen molar-refractivity contribution < 1.29 is 38.1 Å². The van der Waals surface area contributed by atoms with Crippen LogP contribution in [0.1, 0.15) is 12.8 Å². The number of rotatable bonds is 7. The Balaban J connectivity index is 2.07. The monoisotopic (exact) mass is 366 g/mol. The van der Waals surface area contributed by atoms with Gasteiger partial charge in [0.05, 0.1) is 22.6 Å². The van der Waals surface area contributed by atoms with Crippen LogP contribution in [0, 0.1) is 0 Å². The van der Waals surface area contributed by atoms with E-state index in [1.54, 1.807) is 0 Å². The van der Waals surface area contributed by atoms with Gasteiger partial charge in [0.2, 0.25) is 0 Å². The highest BCUT2D eigenvalue weighted by atomic mass is 32.2. The van der Waals surface area contributed by atoms with Crippen molar-refractivity contribution in [1.82, 2.24) is 9.96 Å². The van der Waals surface area contributed by atoms with E-state index in [0.717, 1.165) is 4.90 Å². The van der Waals surface area contributed by atoms with E-state index in [-0.39, 0.29) is 13.0 Å². The summed E-state index contributed by atoms with van der Waals surface area (Å²) in [5, 5.41) is 19.7. The molecule has 2 saturated heterocycles. The molecule has 2 aliphatic rings. The SMILES string of the molecule is NC(=O)/C(C[S@@](=O)[C@@H]1CC[C@@H]2CN1C(=O)N2O[C@H](F)C(=O)O)=N\O. The maximum absolute atomic E-state index is 13.2. The van der Waals surface area contributed by atoms with Gasteiger partial charge in [0.25, 0.3) is 5.91 Å². The second-order valence-corrected chi connectivity index (χ2v) is 6.74. The Kier molecular flexibility index (Phi) is 5.33. The number of hydrogen-bond acceptors (Lipinski definition) is 7. The molecule has 2 bridgehead atoms. The highest BCUT2D eigenvalue weighted by Gasteiger charge is 2.48. The normalized spacial score (nSPS) is 26.4. The zero-order valence-corrected chi connectivity index (χ0v) is 13.0. The van der Waals surface area contributed by atoms with Crippen LogP contribution in [0.5, 0.6) is 0 Å². The molecule has 0 aromatic heterocycles. The van der Waals surface area contributed by atoms with E-state index in [4.69, 9.17) is 16.0 Å². The van der Waals surface area contributed by atoms with Gasteiger partial charge in [0.15, 0.2) is 5.71 Å². The maximum atomic E-state index is 13.2. The molecular formula is C11H15FN4O7S. The number of nitrogens with zero attached hydrogens (tertiary/aromatic N) is 3. The first-order valence-electron chi connectivity index (χ1n) is 6.77. The smallest absolute Gasteiger partial charge is 0.368 e. The molecule has 2 heterocycles. The van der Waals surface area contributed by atoms with Crippen molar-refractivity contribution in [3.63, 3.8) is 0 Å². The number of alkyl halides is 1. The van der Waals surface area contributed by atoms with Gasteiger partial charge in [0.1, 0.15) is 5.37 Å². The average molecular weight is 366 g/mol. The first kappa shape index (κ1) is 18.1. The fourth-order valence-corrected chi connectivity index (χ4v) is 4.05. The van der Waals surface area contributed by atoms with Crippen LogP contribution in [-0.4, -0.2) is 78.2 Å². The summed E-state index contributed by atoms with van der Waals surface area (Å²) in [6.07, 6.45) is -2.14. The molecule has 0 unspecified atom stereocenters. The number of oxime groups is 1. The summed E-state index contributed by atoms with van der Waals surface area (Å²) in [5.41, 5.74) is 4.47. The van der Waals surface area contributed by atoms with Gasteiger partial charge >= 0.3 is 18.4 Å². The van der Waals surface area contributed by atoms with Crippen molar-refractivity contribution in [3.05, 3.63) is 0 Å². The quantitative estimate of drug-likeness (QED) is 0.283. The molecule has 0 saturated carbocycles. The fourth-order valence-electron chi connectivity index (χ4n) is 2.53. The van der Waals surface area contributed by atoms with E-state index < -0.39 is 57.9 Å². The molecule has 134 valence electrons. The lowest BCUT2D eigenvalue weighted by molar-refractivity contribution is -0.223. The summed E-state index contributed by atoms with van der Waals surface area (Å²) in [7, 11) is -1.80. The van der Waals surface area contributed by atoms with Gasteiger partial charge in [-0.15, -0.1) is 0 Å². The average Bonchev–Trinajstić information content (AvgIpc) is 2.76. The molecule has 0 aliphatic carbocycles. The van der Waals surface area contributed by atoms with Crippen molar-refractivity contribution in [2.75, 3.05) is 12.3 Å². The largest absolute Gasteiger partial charge is 0.477 e. The van der Waals surface area contributed by atoms with Crippen molar-refractivity contribution in [2.24, 2.45) is 10.9 Å². The van der Waals surface area contributed by atoms with E-state index in [2.05, 4.69) is 9.99 Å². The highest BCUT2D eigenvalue weighted by molar-refractivity contribution is 7.86. The number of nitrogens with two attached hydrogens (primary N) is 1. The number of amides is 3. The Bertz CT molecular complexity index is 615. The summed E-state index contributed by atoms with van der Waals surface area (Å²) in [6, 6.07) is -1.38. The van der Waals surface area contributed by atoms with Crippen LogP contribution in [0.25, 0.3) is 0 Å². The Hall–Kier alpha value is -2.28. The number of halogens is 1. The predicted molar refractivity (Wildman–Crippen MR) is 75.8 cm³/mol. The Morgan fingerprint density at radius 1 is 1.50 bits per heavy atom. The molecule has 3 amide bonds. The third-order valence-electron chi connectivity index (χ3n) is 3.66. The number of carbonyl (C=O) groups excluding carboxylic acids is 2. The number of hydroxylamine groups is 2. The van der Waals surface area contributed by atoms with E-state index >= 15 is 0 Å². The Morgan fingerprint density at radius 2 is 2.17 bits per heavy atom. The number of hydrogen-bond donors (Lipinski definition) is 3. The third kappa shape index (κ3) is 3.46. The topological polar surface area (TPSA) is 163 Å². The van der Waals surface area contributed by atoms with E-state index in [9.17, 15) is 23.0 Å². The summed E-state index contributed by atoms with van der Waals surface area (Å²) < 4.78 is 25.5. The summed E-state index contributed by atoms with van der Waals surface area (Å²) in [5.74, 6) is -3.37. The lowest BCUT2D eigenvalue weighted by Gasteiger charge is -2.29. The van der Waals surface area contributed by atoms with Gasteiger partial charge < -0.3 is 20.9 Å². The highest BCUT2D eigenvalue weighted by Crippen LogP contribution is 2.32. The lowest BCUT2D eigenvalue weighted by Crippen LogP contribution is -2.45. The van der Waals surface area contributed by atoms with Crippen LogP contribution in [0.4, 0.5) is 9.18 Å². The first-order valence-corrected chi connectivity index (χ1v) is 8.15. The molecule has 4 N–H and O–H groups in total. The van der Waals surface area contributed by atoms with Crippen LogP contribution < -0.4 is 5.73 Å². The zero-order valence-electron chi connectivity index (χ0n) is 12.2. The Morgan fingerprint density at radius 3 is 2.71 bits per heavy atom. The number of piperidine rings is 1. The number of urea groups is 1. The molecule has 13 heteroatoms. The van der Waals surface area contributed by atoms with Gasteiger partial charge in [0, 0.05) is 6.54 Å². The van der Waals surface area contributed by atoms with Crippen LogP contribution in [0.15, 0.2) is 5.16 Å². The molecule has 0 aromatic carbocycles. The number of primary amides is 1. The number of carboxylic acids is 1. The fraction of sp³-hybridized carbons (Fsp3) is 0.636. The van der Waals surface area contributed by atoms with Crippen molar-refractivity contribution >= 4 is 34.4 Å². The summed E-state index contributed by atoms with van der Waals surface area (Å²) in [4.78, 5) is 39.4. The molecule has 0 aromatic rings. The number of aliphatic carboxylic acids is 1. The molecule has 2 rings (SSSR count). The minimum Gasteiger partial charge on any atom is -0.477 e.